The lowest BCUT2D eigenvalue weighted by Gasteiger charge is -2.11. The van der Waals surface area contributed by atoms with Crippen molar-refractivity contribution in [2.75, 3.05) is 11.1 Å². The van der Waals surface area contributed by atoms with E-state index in [4.69, 9.17) is 17.3 Å². The number of carbonyl (C=O) groups is 1. The van der Waals surface area contributed by atoms with Crippen molar-refractivity contribution in [2.24, 2.45) is 0 Å². The standard InChI is InChI=1S/C16H17ClN2O/c1-10-7-14(18)15(8-11(10)2)19-16(20)9-12-3-5-13(17)6-4-12/h3-8H,9,18H2,1-2H3,(H,19,20). The predicted octanol–water partition coefficient (Wildman–Crippen LogP) is 3.72. The summed E-state index contributed by atoms with van der Waals surface area (Å²) in [6, 6.07) is 11.0. The molecule has 4 heteroatoms. The highest BCUT2D eigenvalue weighted by Crippen LogP contribution is 2.23. The second-order valence-electron chi connectivity index (χ2n) is 4.88. The number of benzene rings is 2. The van der Waals surface area contributed by atoms with Gasteiger partial charge >= 0.3 is 0 Å². The van der Waals surface area contributed by atoms with Crippen molar-refractivity contribution in [3.8, 4) is 0 Å². The molecule has 0 fully saturated rings. The number of hydrogen-bond acceptors (Lipinski definition) is 2. The molecule has 0 radical (unpaired) electrons. The number of amides is 1. The molecule has 0 aliphatic carbocycles. The van der Waals surface area contributed by atoms with Crippen LogP contribution in [0.25, 0.3) is 0 Å². The molecule has 0 atom stereocenters. The van der Waals surface area contributed by atoms with Gasteiger partial charge in [-0.15, -0.1) is 0 Å². The smallest absolute Gasteiger partial charge is 0.228 e. The van der Waals surface area contributed by atoms with Gasteiger partial charge in [0, 0.05) is 5.02 Å². The average Bonchev–Trinajstić information content (AvgIpc) is 2.39. The molecule has 0 bridgehead atoms. The molecular weight excluding hydrogens is 272 g/mol. The zero-order chi connectivity index (χ0) is 14.7. The van der Waals surface area contributed by atoms with Crippen molar-refractivity contribution in [3.63, 3.8) is 0 Å². The van der Waals surface area contributed by atoms with Crippen LogP contribution < -0.4 is 11.1 Å². The number of halogens is 1. The lowest BCUT2D eigenvalue weighted by atomic mass is 10.1. The van der Waals surface area contributed by atoms with Gasteiger partial charge in [-0.2, -0.15) is 0 Å². The maximum atomic E-state index is 12.0. The Morgan fingerprint density at radius 2 is 1.75 bits per heavy atom. The van der Waals surface area contributed by atoms with Crippen LogP contribution in [0.4, 0.5) is 11.4 Å². The summed E-state index contributed by atoms with van der Waals surface area (Å²) in [5.74, 6) is -0.0951. The summed E-state index contributed by atoms with van der Waals surface area (Å²) in [7, 11) is 0. The van der Waals surface area contributed by atoms with Crippen molar-refractivity contribution in [3.05, 3.63) is 58.1 Å². The number of hydrogen-bond donors (Lipinski definition) is 2. The highest BCUT2D eigenvalue weighted by molar-refractivity contribution is 6.30. The topological polar surface area (TPSA) is 55.1 Å². The molecule has 2 aromatic rings. The molecule has 1 amide bonds. The first-order chi connectivity index (χ1) is 9.45. The molecule has 0 heterocycles. The predicted molar refractivity (Wildman–Crippen MR) is 84.1 cm³/mol. The number of carbonyl (C=O) groups excluding carboxylic acids is 1. The van der Waals surface area contributed by atoms with E-state index in [0.29, 0.717) is 22.8 Å². The molecule has 0 unspecified atom stereocenters. The number of rotatable bonds is 3. The van der Waals surface area contributed by atoms with Crippen LogP contribution in [0.15, 0.2) is 36.4 Å². The summed E-state index contributed by atoms with van der Waals surface area (Å²) in [6.45, 7) is 3.98. The van der Waals surface area contributed by atoms with Gasteiger partial charge in [-0.3, -0.25) is 4.79 Å². The summed E-state index contributed by atoms with van der Waals surface area (Å²) >= 11 is 5.81. The van der Waals surface area contributed by atoms with Crippen molar-refractivity contribution >= 4 is 28.9 Å². The fourth-order valence-corrected chi connectivity index (χ4v) is 2.05. The highest BCUT2D eigenvalue weighted by Gasteiger charge is 2.08. The Morgan fingerprint density at radius 1 is 1.15 bits per heavy atom. The van der Waals surface area contributed by atoms with Crippen LogP contribution >= 0.6 is 11.6 Å². The molecule has 0 saturated carbocycles. The van der Waals surface area contributed by atoms with E-state index in [1.54, 1.807) is 12.1 Å². The number of nitrogen functional groups attached to an aromatic ring is 1. The number of aryl methyl sites for hydroxylation is 2. The summed E-state index contributed by atoms with van der Waals surface area (Å²) in [4.78, 5) is 12.0. The average molecular weight is 289 g/mol. The maximum Gasteiger partial charge on any atom is 0.228 e. The Kier molecular flexibility index (Phi) is 4.30. The third kappa shape index (κ3) is 3.52. The summed E-state index contributed by atoms with van der Waals surface area (Å²) in [5.41, 5.74) is 10.3. The highest BCUT2D eigenvalue weighted by atomic mass is 35.5. The minimum absolute atomic E-state index is 0.0951. The Balaban J connectivity index is 2.08. The lowest BCUT2D eigenvalue weighted by molar-refractivity contribution is -0.115. The number of anilines is 2. The molecule has 0 saturated heterocycles. The third-order valence-electron chi connectivity index (χ3n) is 3.22. The zero-order valence-corrected chi connectivity index (χ0v) is 12.3. The maximum absolute atomic E-state index is 12.0. The minimum atomic E-state index is -0.0951. The minimum Gasteiger partial charge on any atom is -0.397 e. The largest absolute Gasteiger partial charge is 0.397 e. The lowest BCUT2D eigenvalue weighted by Crippen LogP contribution is -2.15. The van der Waals surface area contributed by atoms with Gasteiger partial charge in [-0.05, 0) is 54.8 Å². The monoisotopic (exact) mass is 288 g/mol. The van der Waals surface area contributed by atoms with Crippen LogP contribution in [0.1, 0.15) is 16.7 Å². The van der Waals surface area contributed by atoms with Gasteiger partial charge in [-0.1, -0.05) is 23.7 Å². The first-order valence-electron chi connectivity index (χ1n) is 6.36. The van der Waals surface area contributed by atoms with Crippen molar-refractivity contribution in [1.29, 1.82) is 0 Å². The first-order valence-corrected chi connectivity index (χ1v) is 6.74. The second kappa shape index (κ2) is 5.97. The zero-order valence-electron chi connectivity index (χ0n) is 11.5. The Bertz CT molecular complexity index is 636. The van der Waals surface area contributed by atoms with Gasteiger partial charge in [-0.25, -0.2) is 0 Å². The van der Waals surface area contributed by atoms with Crippen LogP contribution in [0.5, 0.6) is 0 Å². The molecule has 0 aliphatic rings. The molecule has 0 aliphatic heterocycles. The second-order valence-corrected chi connectivity index (χ2v) is 5.31. The molecular formula is C16H17ClN2O. The number of nitrogens with two attached hydrogens (primary N) is 1. The Labute approximate surface area is 123 Å². The molecule has 0 spiro atoms. The number of nitrogens with one attached hydrogen (secondary N) is 1. The summed E-state index contributed by atoms with van der Waals surface area (Å²) in [6.07, 6.45) is 0.295. The normalized spacial score (nSPS) is 10.3. The molecule has 3 nitrogen and oxygen atoms in total. The molecule has 2 rings (SSSR count). The Morgan fingerprint density at radius 3 is 2.40 bits per heavy atom. The Hall–Kier alpha value is -2.00. The van der Waals surface area contributed by atoms with Gasteiger partial charge in [0.05, 0.1) is 17.8 Å². The van der Waals surface area contributed by atoms with Gasteiger partial charge in [0.2, 0.25) is 5.91 Å². The van der Waals surface area contributed by atoms with E-state index in [-0.39, 0.29) is 5.91 Å². The van der Waals surface area contributed by atoms with E-state index < -0.39 is 0 Å². The summed E-state index contributed by atoms with van der Waals surface area (Å²) < 4.78 is 0. The van der Waals surface area contributed by atoms with Gasteiger partial charge in [0.1, 0.15) is 0 Å². The molecule has 2 aromatic carbocycles. The van der Waals surface area contributed by atoms with E-state index in [1.165, 1.54) is 0 Å². The van der Waals surface area contributed by atoms with Crippen LogP contribution in [0.2, 0.25) is 5.02 Å². The van der Waals surface area contributed by atoms with E-state index >= 15 is 0 Å². The van der Waals surface area contributed by atoms with Crippen LogP contribution in [-0.4, -0.2) is 5.91 Å². The SMILES string of the molecule is Cc1cc(N)c(NC(=O)Cc2ccc(Cl)cc2)cc1C. The van der Waals surface area contributed by atoms with Crippen LogP contribution in [-0.2, 0) is 11.2 Å². The fraction of sp³-hybridized carbons (Fsp3) is 0.188. The van der Waals surface area contributed by atoms with E-state index in [2.05, 4.69) is 5.32 Å². The third-order valence-corrected chi connectivity index (χ3v) is 3.47. The van der Waals surface area contributed by atoms with Gasteiger partial charge in [0.25, 0.3) is 0 Å². The van der Waals surface area contributed by atoms with Crippen molar-refractivity contribution in [1.82, 2.24) is 0 Å². The van der Waals surface area contributed by atoms with Crippen LogP contribution in [0, 0.1) is 13.8 Å². The van der Waals surface area contributed by atoms with E-state index in [9.17, 15) is 4.79 Å². The van der Waals surface area contributed by atoms with Crippen LogP contribution in [0.3, 0.4) is 0 Å². The van der Waals surface area contributed by atoms with Gasteiger partial charge in [0.15, 0.2) is 0 Å². The van der Waals surface area contributed by atoms with E-state index in [1.807, 2.05) is 38.1 Å². The van der Waals surface area contributed by atoms with E-state index in [0.717, 1.165) is 16.7 Å². The van der Waals surface area contributed by atoms with Crippen molar-refractivity contribution in [2.45, 2.75) is 20.3 Å². The fourth-order valence-electron chi connectivity index (χ4n) is 1.93. The first kappa shape index (κ1) is 14.4. The summed E-state index contributed by atoms with van der Waals surface area (Å²) in [5, 5.41) is 3.50. The van der Waals surface area contributed by atoms with Crippen molar-refractivity contribution < 1.29 is 4.79 Å². The molecule has 3 N–H and O–H groups in total. The molecule has 20 heavy (non-hydrogen) atoms. The molecule has 104 valence electrons. The van der Waals surface area contributed by atoms with Gasteiger partial charge < -0.3 is 11.1 Å². The quantitative estimate of drug-likeness (QED) is 0.846. The molecule has 0 aromatic heterocycles.